The van der Waals surface area contributed by atoms with Crippen LogP contribution in [0, 0.1) is 6.92 Å². The van der Waals surface area contributed by atoms with E-state index < -0.39 is 11.7 Å². The Bertz CT molecular complexity index is 1040. The summed E-state index contributed by atoms with van der Waals surface area (Å²) in [6, 6.07) is 11.3. The van der Waals surface area contributed by atoms with Crippen LogP contribution in [0.1, 0.15) is 36.1 Å². The van der Waals surface area contributed by atoms with Crippen LogP contribution < -0.4 is 4.74 Å². The van der Waals surface area contributed by atoms with Crippen molar-refractivity contribution < 1.29 is 23.0 Å². The molecule has 0 bridgehead atoms. The van der Waals surface area contributed by atoms with E-state index in [2.05, 4.69) is 4.90 Å². The van der Waals surface area contributed by atoms with Gasteiger partial charge in [-0.3, -0.25) is 0 Å². The first-order valence-electron chi connectivity index (χ1n) is 11.1. The number of alkyl halides is 3. The molecule has 2 heterocycles. The summed E-state index contributed by atoms with van der Waals surface area (Å²) in [5.74, 6) is 0.818. The van der Waals surface area contributed by atoms with Crippen LogP contribution >= 0.6 is 11.3 Å². The molecular weight excluding hydrogens is 435 g/mol. The fraction of sp³-hybridized carbons (Fsp3) is 0.440. The predicted octanol–water partition coefficient (Wildman–Crippen LogP) is 6.51. The maximum absolute atomic E-state index is 12.9. The molecule has 2 aromatic carbocycles. The molecule has 1 aliphatic rings. The van der Waals surface area contributed by atoms with E-state index in [1.807, 2.05) is 25.1 Å². The lowest BCUT2D eigenvalue weighted by Gasteiger charge is -2.29. The maximum Gasteiger partial charge on any atom is 0.416 e. The number of piperidine rings is 1. The standard InChI is InChI=1S/C25H28F3NO2S/c1-17-24(18-4-6-19(7-5-18)25(26,27)28)22-9-8-21(16-23(22)32-17)31-15-3-2-12-29-13-10-20(30)11-14-29/h4-9,16,20,30H,2-3,10-15H2,1H3. The van der Waals surface area contributed by atoms with Crippen LogP contribution in [0.2, 0.25) is 0 Å². The van der Waals surface area contributed by atoms with E-state index in [0.29, 0.717) is 6.61 Å². The van der Waals surface area contributed by atoms with Gasteiger partial charge in [0.1, 0.15) is 5.75 Å². The molecule has 7 heteroatoms. The zero-order valence-corrected chi connectivity index (χ0v) is 18.9. The summed E-state index contributed by atoms with van der Waals surface area (Å²) in [6.07, 6.45) is -0.695. The predicted molar refractivity (Wildman–Crippen MR) is 123 cm³/mol. The highest BCUT2D eigenvalue weighted by molar-refractivity contribution is 7.19. The number of halogens is 3. The molecule has 0 radical (unpaired) electrons. The van der Waals surface area contributed by atoms with E-state index in [1.165, 1.54) is 0 Å². The van der Waals surface area contributed by atoms with E-state index in [9.17, 15) is 18.3 Å². The Morgan fingerprint density at radius 3 is 2.47 bits per heavy atom. The van der Waals surface area contributed by atoms with Crippen molar-refractivity contribution in [2.45, 2.75) is 44.9 Å². The van der Waals surface area contributed by atoms with Crippen molar-refractivity contribution in [2.75, 3.05) is 26.2 Å². The van der Waals surface area contributed by atoms with Gasteiger partial charge in [-0.25, -0.2) is 0 Å². The molecule has 0 spiro atoms. The average molecular weight is 464 g/mol. The molecule has 0 atom stereocenters. The molecule has 1 aromatic heterocycles. The Morgan fingerprint density at radius 1 is 1.06 bits per heavy atom. The molecule has 3 nitrogen and oxygen atoms in total. The zero-order valence-electron chi connectivity index (χ0n) is 18.1. The van der Waals surface area contributed by atoms with Gasteiger partial charge >= 0.3 is 6.18 Å². The first-order chi connectivity index (χ1) is 15.3. The molecule has 0 aliphatic carbocycles. The number of aliphatic hydroxyl groups excluding tert-OH is 1. The first kappa shape index (κ1) is 23.1. The summed E-state index contributed by atoms with van der Waals surface area (Å²) in [6.45, 7) is 5.63. The number of hydrogen-bond donors (Lipinski definition) is 1. The zero-order chi connectivity index (χ0) is 22.7. The van der Waals surface area contributed by atoms with Crippen LogP contribution in [0.4, 0.5) is 13.2 Å². The third kappa shape index (κ3) is 5.45. The minimum atomic E-state index is -4.33. The lowest BCUT2D eigenvalue weighted by molar-refractivity contribution is -0.137. The van der Waals surface area contributed by atoms with Gasteiger partial charge in [0.2, 0.25) is 0 Å². The van der Waals surface area contributed by atoms with Crippen molar-refractivity contribution in [3.05, 3.63) is 52.9 Å². The van der Waals surface area contributed by atoms with Gasteiger partial charge in [-0.15, -0.1) is 11.3 Å². The van der Waals surface area contributed by atoms with Crippen LogP contribution in [0.3, 0.4) is 0 Å². The molecule has 1 N–H and O–H groups in total. The van der Waals surface area contributed by atoms with Gasteiger partial charge in [-0.1, -0.05) is 12.1 Å². The number of ether oxygens (including phenoxy) is 1. The smallest absolute Gasteiger partial charge is 0.416 e. The maximum atomic E-state index is 12.9. The highest BCUT2D eigenvalue weighted by Crippen LogP contribution is 2.40. The number of likely N-dealkylation sites (tertiary alicyclic amines) is 1. The number of fused-ring (bicyclic) bond motifs is 1. The lowest BCUT2D eigenvalue weighted by atomic mass is 10.0. The molecule has 0 amide bonds. The number of unbranched alkanes of at least 4 members (excludes halogenated alkanes) is 1. The summed E-state index contributed by atoms with van der Waals surface area (Å²) in [7, 11) is 0. The molecule has 4 rings (SSSR count). The van der Waals surface area contributed by atoms with Gasteiger partial charge in [0.25, 0.3) is 0 Å². The van der Waals surface area contributed by atoms with Crippen molar-refractivity contribution in [1.29, 1.82) is 0 Å². The van der Waals surface area contributed by atoms with E-state index in [4.69, 9.17) is 4.74 Å². The average Bonchev–Trinajstić information content (AvgIpc) is 3.09. The molecule has 32 heavy (non-hydrogen) atoms. The second-order valence-electron chi connectivity index (χ2n) is 8.39. The highest BCUT2D eigenvalue weighted by Gasteiger charge is 2.30. The summed E-state index contributed by atoms with van der Waals surface area (Å²) in [5, 5.41) is 10.6. The van der Waals surface area contributed by atoms with Crippen LogP contribution in [0.15, 0.2) is 42.5 Å². The summed E-state index contributed by atoms with van der Waals surface area (Å²) < 4.78 is 45.6. The third-order valence-corrected chi connectivity index (χ3v) is 7.10. The minimum Gasteiger partial charge on any atom is -0.494 e. The number of benzene rings is 2. The Morgan fingerprint density at radius 2 is 1.78 bits per heavy atom. The van der Waals surface area contributed by atoms with E-state index in [-0.39, 0.29) is 6.10 Å². The van der Waals surface area contributed by atoms with Gasteiger partial charge in [0.15, 0.2) is 0 Å². The highest BCUT2D eigenvalue weighted by atomic mass is 32.1. The number of aliphatic hydroxyl groups is 1. The van der Waals surface area contributed by atoms with Crippen molar-refractivity contribution in [1.82, 2.24) is 4.90 Å². The van der Waals surface area contributed by atoms with Gasteiger partial charge in [-0.2, -0.15) is 13.2 Å². The van der Waals surface area contributed by atoms with Crippen molar-refractivity contribution in [3.63, 3.8) is 0 Å². The lowest BCUT2D eigenvalue weighted by Crippen LogP contribution is -2.36. The number of hydrogen-bond acceptors (Lipinski definition) is 4. The van der Waals surface area contributed by atoms with Crippen molar-refractivity contribution in [3.8, 4) is 16.9 Å². The summed E-state index contributed by atoms with van der Waals surface area (Å²) in [4.78, 5) is 3.47. The summed E-state index contributed by atoms with van der Waals surface area (Å²) >= 11 is 1.63. The fourth-order valence-corrected chi connectivity index (χ4v) is 5.36. The summed E-state index contributed by atoms with van der Waals surface area (Å²) in [5.41, 5.74) is 1.14. The van der Waals surface area contributed by atoms with Crippen LogP contribution in [-0.2, 0) is 6.18 Å². The van der Waals surface area contributed by atoms with Crippen LogP contribution in [0.25, 0.3) is 21.2 Å². The van der Waals surface area contributed by atoms with Gasteiger partial charge < -0.3 is 14.7 Å². The quantitative estimate of drug-likeness (QED) is 0.406. The molecule has 1 aliphatic heterocycles. The second kappa shape index (κ2) is 9.81. The minimum absolute atomic E-state index is 0.134. The monoisotopic (exact) mass is 463 g/mol. The Labute approximate surface area is 190 Å². The van der Waals surface area contributed by atoms with Gasteiger partial charge in [0, 0.05) is 33.6 Å². The molecule has 0 unspecified atom stereocenters. The van der Waals surface area contributed by atoms with E-state index in [1.54, 1.807) is 23.5 Å². The second-order valence-corrected chi connectivity index (χ2v) is 9.65. The SMILES string of the molecule is Cc1sc2cc(OCCCCN3CCC(O)CC3)ccc2c1-c1ccc(C(F)(F)F)cc1. The van der Waals surface area contributed by atoms with E-state index >= 15 is 0 Å². The molecule has 172 valence electrons. The number of rotatable bonds is 7. The normalized spacial score (nSPS) is 16.0. The number of aryl methyl sites for hydroxylation is 1. The molecular formula is C25H28F3NO2S. The molecule has 3 aromatic rings. The van der Waals surface area contributed by atoms with Crippen molar-refractivity contribution in [2.24, 2.45) is 0 Å². The fourth-order valence-electron chi connectivity index (χ4n) is 4.24. The third-order valence-electron chi connectivity index (χ3n) is 6.03. The molecule has 1 saturated heterocycles. The number of nitrogens with zero attached hydrogens (tertiary/aromatic N) is 1. The number of thiophene rings is 1. The van der Waals surface area contributed by atoms with Crippen LogP contribution in [-0.4, -0.2) is 42.4 Å². The van der Waals surface area contributed by atoms with Gasteiger partial charge in [0.05, 0.1) is 18.3 Å². The topological polar surface area (TPSA) is 32.7 Å². The van der Waals surface area contributed by atoms with Gasteiger partial charge in [-0.05, 0) is 75.0 Å². The Kier molecular flexibility index (Phi) is 7.08. The molecule has 0 saturated carbocycles. The Balaban J connectivity index is 1.36. The first-order valence-corrected chi connectivity index (χ1v) is 11.9. The molecule has 1 fully saturated rings. The van der Waals surface area contributed by atoms with Crippen molar-refractivity contribution >= 4 is 21.4 Å². The van der Waals surface area contributed by atoms with Crippen LogP contribution in [0.5, 0.6) is 5.75 Å². The Hall–Kier alpha value is -2.09. The largest absolute Gasteiger partial charge is 0.494 e. The van der Waals surface area contributed by atoms with E-state index in [0.717, 1.165) is 89.3 Å².